The molecule has 102 valence electrons. The molecule has 0 saturated carbocycles. The van der Waals surface area contributed by atoms with Crippen LogP contribution in [0, 0.1) is 0 Å². The van der Waals surface area contributed by atoms with Gasteiger partial charge in [-0.1, -0.05) is 17.7 Å². The van der Waals surface area contributed by atoms with E-state index < -0.39 is 0 Å². The van der Waals surface area contributed by atoms with E-state index in [0.29, 0.717) is 11.2 Å². The number of nitrogens with one attached hydrogen (secondary N) is 2. The number of nitrogens with zero attached hydrogens (tertiary/aromatic N) is 1. The standard InChI is InChI=1S/C14H16ClN3.ClH/c15-14-5-4-11-12(2-1-3-13(11)18-14)17-10-6-8-16-9-7-10;/h1-5,10,16-17H,6-9H2;1H. The second-order valence-corrected chi connectivity index (χ2v) is 5.06. The highest BCUT2D eigenvalue weighted by molar-refractivity contribution is 6.29. The SMILES string of the molecule is Cl.Clc1ccc2c(NC3CCNCC3)cccc2n1. The normalized spacial score (nSPS) is 16.1. The Bertz CT molecular complexity index is 553. The van der Waals surface area contributed by atoms with Crippen LogP contribution in [0.1, 0.15) is 12.8 Å². The first-order valence-corrected chi connectivity index (χ1v) is 6.73. The van der Waals surface area contributed by atoms with Crippen molar-refractivity contribution in [1.82, 2.24) is 10.3 Å². The maximum absolute atomic E-state index is 5.92. The van der Waals surface area contributed by atoms with Crippen LogP contribution in [0.25, 0.3) is 10.9 Å². The molecule has 3 rings (SSSR count). The average molecular weight is 298 g/mol. The van der Waals surface area contributed by atoms with Gasteiger partial charge in [-0.25, -0.2) is 4.98 Å². The molecule has 1 aliphatic heterocycles. The van der Waals surface area contributed by atoms with Gasteiger partial charge in [0, 0.05) is 17.1 Å². The van der Waals surface area contributed by atoms with Gasteiger partial charge in [0.25, 0.3) is 0 Å². The summed E-state index contributed by atoms with van der Waals surface area (Å²) in [5, 5.41) is 8.68. The average Bonchev–Trinajstić information content (AvgIpc) is 2.40. The van der Waals surface area contributed by atoms with Crippen LogP contribution in [-0.4, -0.2) is 24.1 Å². The zero-order valence-electron chi connectivity index (χ0n) is 10.5. The van der Waals surface area contributed by atoms with E-state index in [-0.39, 0.29) is 12.4 Å². The van der Waals surface area contributed by atoms with Crippen LogP contribution in [0.15, 0.2) is 30.3 Å². The minimum Gasteiger partial charge on any atom is -0.382 e. The summed E-state index contributed by atoms with van der Waals surface area (Å²) < 4.78 is 0. The van der Waals surface area contributed by atoms with Gasteiger partial charge in [0.2, 0.25) is 0 Å². The highest BCUT2D eigenvalue weighted by atomic mass is 35.5. The maximum atomic E-state index is 5.92. The zero-order valence-corrected chi connectivity index (χ0v) is 12.1. The molecule has 0 atom stereocenters. The molecular weight excluding hydrogens is 281 g/mol. The van der Waals surface area contributed by atoms with Crippen LogP contribution in [0.4, 0.5) is 5.69 Å². The first kappa shape index (κ1) is 14.4. The molecule has 1 saturated heterocycles. The summed E-state index contributed by atoms with van der Waals surface area (Å²) in [4.78, 5) is 4.34. The molecule has 0 unspecified atom stereocenters. The molecule has 1 aliphatic rings. The van der Waals surface area contributed by atoms with E-state index in [1.165, 1.54) is 0 Å². The van der Waals surface area contributed by atoms with Crippen LogP contribution in [-0.2, 0) is 0 Å². The number of benzene rings is 1. The van der Waals surface area contributed by atoms with Crippen molar-refractivity contribution in [2.75, 3.05) is 18.4 Å². The summed E-state index contributed by atoms with van der Waals surface area (Å²) in [7, 11) is 0. The predicted molar refractivity (Wildman–Crippen MR) is 83.5 cm³/mol. The number of rotatable bonds is 2. The van der Waals surface area contributed by atoms with E-state index in [1.54, 1.807) is 0 Å². The molecule has 0 spiro atoms. The third-order valence-corrected chi connectivity index (χ3v) is 3.61. The molecule has 1 fully saturated rings. The van der Waals surface area contributed by atoms with Gasteiger partial charge in [0.15, 0.2) is 0 Å². The monoisotopic (exact) mass is 297 g/mol. The Kier molecular flexibility index (Phi) is 4.86. The van der Waals surface area contributed by atoms with Gasteiger partial charge in [-0.05, 0) is 50.2 Å². The summed E-state index contributed by atoms with van der Waals surface area (Å²) >= 11 is 5.92. The highest BCUT2D eigenvalue weighted by Crippen LogP contribution is 2.25. The number of pyridine rings is 1. The van der Waals surface area contributed by atoms with Gasteiger partial charge >= 0.3 is 0 Å². The molecule has 19 heavy (non-hydrogen) atoms. The number of hydrogen-bond donors (Lipinski definition) is 2. The second-order valence-electron chi connectivity index (χ2n) is 4.67. The topological polar surface area (TPSA) is 37.0 Å². The predicted octanol–water partition coefficient (Wildman–Crippen LogP) is 3.47. The Morgan fingerprint density at radius 2 is 1.95 bits per heavy atom. The molecule has 2 N–H and O–H groups in total. The van der Waals surface area contributed by atoms with Crippen LogP contribution in [0.5, 0.6) is 0 Å². The Hall–Kier alpha value is -1.03. The molecule has 3 nitrogen and oxygen atoms in total. The van der Waals surface area contributed by atoms with E-state index in [4.69, 9.17) is 11.6 Å². The van der Waals surface area contributed by atoms with Crippen molar-refractivity contribution >= 4 is 40.6 Å². The largest absolute Gasteiger partial charge is 0.382 e. The number of piperidine rings is 1. The number of fused-ring (bicyclic) bond motifs is 1. The van der Waals surface area contributed by atoms with Crippen molar-refractivity contribution in [3.8, 4) is 0 Å². The fourth-order valence-corrected chi connectivity index (χ4v) is 2.60. The van der Waals surface area contributed by atoms with Gasteiger partial charge in [-0.15, -0.1) is 12.4 Å². The molecular formula is C14H17Cl2N3. The van der Waals surface area contributed by atoms with Crippen LogP contribution >= 0.6 is 24.0 Å². The quantitative estimate of drug-likeness (QED) is 0.834. The molecule has 5 heteroatoms. The van der Waals surface area contributed by atoms with E-state index >= 15 is 0 Å². The first-order valence-electron chi connectivity index (χ1n) is 6.35. The van der Waals surface area contributed by atoms with Crippen molar-refractivity contribution in [2.45, 2.75) is 18.9 Å². The lowest BCUT2D eigenvalue weighted by molar-refractivity contribution is 0.479. The maximum Gasteiger partial charge on any atom is 0.129 e. The number of hydrogen-bond acceptors (Lipinski definition) is 3. The summed E-state index contributed by atoms with van der Waals surface area (Å²) in [5.41, 5.74) is 2.10. The lowest BCUT2D eigenvalue weighted by Crippen LogP contribution is -2.35. The fourth-order valence-electron chi connectivity index (χ4n) is 2.44. The number of anilines is 1. The number of aromatic nitrogens is 1. The third-order valence-electron chi connectivity index (χ3n) is 3.40. The van der Waals surface area contributed by atoms with Crippen molar-refractivity contribution in [3.63, 3.8) is 0 Å². The summed E-state index contributed by atoms with van der Waals surface area (Å²) in [6.07, 6.45) is 2.33. The molecule has 0 bridgehead atoms. The summed E-state index contributed by atoms with van der Waals surface area (Å²) in [5.74, 6) is 0. The Labute approximate surface area is 124 Å². The van der Waals surface area contributed by atoms with Crippen molar-refractivity contribution in [2.24, 2.45) is 0 Å². The highest BCUT2D eigenvalue weighted by Gasteiger charge is 2.13. The van der Waals surface area contributed by atoms with Crippen molar-refractivity contribution < 1.29 is 0 Å². The minimum atomic E-state index is 0. The van der Waals surface area contributed by atoms with E-state index in [1.807, 2.05) is 24.3 Å². The molecule has 2 heterocycles. The Morgan fingerprint density at radius 3 is 2.74 bits per heavy atom. The molecule has 0 aliphatic carbocycles. The van der Waals surface area contributed by atoms with Gasteiger partial charge in [0.1, 0.15) is 5.15 Å². The summed E-state index contributed by atoms with van der Waals surface area (Å²) in [6.45, 7) is 2.18. The third kappa shape index (κ3) is 3.30. The molecule has 1 aromatic heterocycles. The van der Waals surface area contributed by atoms with Crippen LogP contribution in [0.2, 0.25) is 5.15 Å². The Morgan fingerprint density at radius 1 is 1.16 bits per heavy atom. The molecule has 1 aromatic carbocycles. The van der Waals surface area contributed by atoms with E-state index in [2.05, 4.69) is 21.7 Å². The van der Waals surface area contributed by atoms with Crippen LogP contribution < -0.4 is 10.6 Å². The van der Waals surface area contributed by atoms with E-state index in [0.717, 1.165) is 42.5 Å². The smallest absolute Gasteiger partial charge is 0.129 e. The number of halogens is 2. The van der Waals surface area contributed by atoms with E-state index in [9.17, 15) is 0 Å². The Balaban J connectivity index is 0.00000133. The van der Waals surface area contributed by atoms with Gasteiger partial charge in [0.05, 0.1) is 5.52 Å². The van der Waals surface area contributed by atoms with Gasteiger partial charge in [-0.2, -0.15) is 0 Å². The van der Waals surface area contributed by atoms with Gasteiger partial charge in [-0.3, -0.25) is 0 Å². The fraction of sp³-hybridized carbons (Fsp3) is 0.357. The second kappa shape index (κ2) is 6.42. The lowest BCUT2D eigenvalue weighted by Gasteiger charge is -2.25. The van der Waals surface area contributed by atoms with Crippen molar-refractivity contribution in [3.05, 3.63) is 35.5 Å². The lowest BCUT2D eigenvalue weighted by atomic mass is 10.1. The molecule has 0 radical (unpaired) electrons. The zero-order chi connectivity index (χ0) is 12.4. The van der Waals surface area contributed by atoms with Crippen LogP contribution in [0.3, 0.4) is 0 Å². The minimum absolute atomic E-state index is 0. The summed E-state index contributed by atoms with van der Waals surface area (Å²) in [6, 6.07) is 10.6. The molecule has 2 aromatic rings. The first-order chi connectivity index (χ1) is 8.83. The van der Waals surface area contributed by atoms with Gasteiger partial charge < -0.3 is 10.6 Å². The van der Waals surface area contributed by atoms with Crippen molar-refractivity contribution in [1.29, 1.82) is 0 Å². The molecule has 0 amide bonds.